The summed E-state index contributed by atoms with van der Waals surface area (Å²) in [6.45, 7) is 4.90. The number of halogens is 2. The number of benzene rings is 2. The molecule has 0 aromatic heterocycles. The van der Waals surface area contributed by atoms with Gasteiger partial charge >= 0.3 is 11.9 Å². The van der Waals surface area contributed by atoms with Crippen molar-refractivity contribution in [1.29, 1.82) is 0 Å². The zero-order chi connectivity index (χ0) is 27.3. The van der Waals surface area contributed by atoms with Crippen LogP contribution >= 0.6 is 23.2 Å². The molecule has 0 aliphatic rings. The lowest BCUT2D eigenvalue weighted by molar-refractivity contribution is -0.143. The number of nitrogens with one attached hydrogen (secondary N) is 2. The summed E-state index contributed by atoms with van der Waals surface area (Å²) in [6.07, 6.45) is 2.56. The van der Waals surface area contributed by atoms with Crippen LogP contribution in [0.15, 0.2) is 46.4 Å². The smallest absolute Gasteiger partial charge is 0.303 e. The Kier molecular flexibility index (Phi) is 18.3. The van der Waals surface area contributed by atoms with Crippen molar-refractivity contribution in [2.75, 3.05) is 36.9 Å². The Labute approximate surface area is 220 Å². The second-order valence-electron chi connectivity index (χ2n) is 7.01. The number of rotatable bonds is 11. The molecule has 0 amide bonds. The summed E-state index contributed by atoms with van der Waals surface area (Å²) in [5.74, 6) is -2.15. The van der Waals surface area contributed by atoms with Crippen LogP contribution in [0.25, 0.3) is 0 Å². The second-order valence-corrected chi connectivity index (χ2v) is 7.89. The van der Waals surface area contributed by atoms with E-state index in [0.717, 1.165) is 32.5 Å². The fourth-order valence-corrected chi connectivity index (χ4v) is 2.72. The summed E-state index contributed by atoms with van der Waals surface area (Å²) in [5, 5.41) is 40.3. The number of hydrogen-bond acceptors (Lipinski definition) is 6. The molecule has 198 valence electrons. The number of aliphatic hydroxyl groups is 2. The Balaban J connectivity index is 0.000000533. The minimum atomic E-state index is -1.08. The van der Waals surface area contributed by atoms with E-state index < -0.39 is 11.9 Å². The molecule has 0 heterocycles. The zero-order valence-electron chi connectivity index (χ0n) is 20.1. The maximum Gasteiger partial charge on any atom is 0.303 e. The van der Waals surface area contributed by atoms with E-state index in [1.807, 2.05) is 50.2 Å². The van der Waals surface area contributed by atoms with Crippen LogP contribution in [-0.2, 0) is 9.59 Å². The molecule has 0 unspecified atom stereocenters. The average molecular weight is 543 g/mol. The van der Waals surface area contributed by atoms with Gasteiger partial charge in [-0.1, -0.05) is 23.2 Å². The molecule has 0 fully saturated rings. The van der Waals surface area contributed by atoms with Crippen molar-refractivity contribution in [3.8, 4) is 0 Å². The van der Waals surface area contributed by atoms with Crippen LogP contribution in [0, 0.1) is 13.8 Å². The highest BCUT2D eigenvalue weighted by Crippen LogP contribution is 2.19. The van der Waals surface area contributed by atoms with Gasteiger partial charge in [0.25, 0.3) is 0 Å². The minimum absolute atomic E-state index is 0.0672. The normalized spacial score (nSPS) is 10.3. The highest BCUT2D eigenvalue weighted by Gasteiger charge is 2.00. The lowest BCUT2D eigenvalue weighted by Crippen LogP contribution is -2.00. The standard InChI is InChI=1S/2C10H13ClN2O.C4H6O4/c2*1-8-6-9(11)2-3-10(8)13-7-12-4-5-14;5-3(6)1-2-4(7)8/h2*2-3,6-7,14H,4-5H2,1H3,(H,12,13);1-2H2,(H,5,6)(H,7,8). The first-order valence-corrected chi connectivity index (χ1v) is 11.5. The van der Waals surface area contributed by atoms with Gasteiger partial charge in [0.05, 0.1) is 51.8 Å². The van der Waals surface area contributed by atoms with E-state index in [1.165, 1.54) is 0 Å². The topological polar surface area (TPSA) is 164 Å². The maximum atomic E-state index is 9.64. The molecule has 0 saturated carbocycles. The Morgan fingerprint density at radius 3 is 1.42 bits per heavy atom. The third-order valence-corrected chi connectivity index (χ3v) is 4.48. The van der Waals surface area contributed by atoms with E-state index in [4.69, 9.17) is 43.6 Å². The molecule has 36 heavy (non-hydrogen) atoms. The maximum absolute atomic E-state index is 9.64. The quantitative estimate of drug-likeness (QED) is 0.182. The van der Waals surface area contributed by atoms with Gasteiger partial charge in [-0.25, -0.2) is 0 Å². The number of carbonyl (C=O) groups is 2. The van der Waals surface area contributed by atoms with Crippen LogP contribution in [0.1, 0.15) is 24.0 Å². The number of anilines is 2. The van der Waals surface area contributed by atoms with E-state index in [-0.39, 0.29) is 26.1 Å². The Morgan fingerprint density at radius 1 is 0.778 bits per heavy atom. The molecule has 0 aliphatic carbocycles. The Bertz CT molecular complexity index is 923. The van der Waals surface area contributed by atoms with Crippen molar-refractivity contribution in [2.45, 2.75) is 26.7 Å². The fourth-order valence-electron chi connectivity index (χ4n) is 2.27. The molecule has 0 atom stereocenters. The lowest BCUT2D eigenvalue weighted by Gasteiger charge is -2.04. The van der Waals surface area contributed by atoms with Gasteiger partial charge in [-0.3, -0.25) is 19.6 Å². The molecule has 2 aromatic rings. The number of carboxylic acid groups (broad SMARTS) is 2. The molecule has 0 spiro atoms. The number of aliphatic imine (C=N–C) groups is 2. The lowest BCUT2D eigenvalue weighted by atomic mass is 10.2. The van der Waals surface area contributed by atoms with Crippen molar-refractivity contribution < 1.29 is 30.0 Å². The van der Waals surface area contributed by atoms with Gasteiger partial charge in [0, 0.05) is 21.4 Å². The van der Waals surface area contributed by atoms with Crippen molar-refractivity contribution >= 4 is 59.2 Å². The first kappa shape index (κ1) is 32.8. The van der Waals surface area contributed by atoms with Gasteiger partial charge in [0.1, 0.15) is 0 Å². The molecule has 2 aromatic carbocycles. The largest absolute Gasteiger partial charge is 0.481 e. The van der Waals surface area contributed by atoms with Crippen molar-refractivity contribution in [2.24, 2.45) is 9.98 Å². The van der Waals surface area contributed by atoms with Gasteiger partial charge in [0.15, 0.2) is 0 Å². The summed E-state index contributed by atoms with van der Waals surface area (Å²) in [5.41, 5.74) is 4.06. The first-order chi connectivity index (χ1) is 17.1. The minimum Gasteiger partial charge on any atom is -0.481 e. The van der Waals surface area contributed by atoms with E-state index in [9.17, 15) is 9.59 Å². The number of aliphatic carboxylic acids is 2. The van der Waals surface area contributed by atoms with Crippen LogP contribution < -0.4 is 10.6 Å². The molecule has 0 bridgehead atoms. The fraction of sp³-hybridized carbons (Fsp3) is 0.333. The van der Waals surface area contributed by atoms with Gasteiger partial charge < -0.3 is 31.1 Å². The van der Waals surface area contributed by atoms with Crippen LogP contribution in [0.3, 0.4) is 0 Å². The molecule has 0 saturated heterocycles. The van der Waals surface area contributed by atoms with Crippen LogP contribution in [0.5, 0.6) is 0 Å². The van der Waals surface area contributed by atoms with E-state index >= 15 is 0 Å². The predicted octanol–water partition coefficient (Wildman–Crippen LogP) is 4.10. The highest BCUT2D eigenvalue weighted by atomic mass is 35.5. The van der Waals surface area contributed by atoms with Crippen LogP contribution in [0.4, 0.5) is 11.4 Å². The Morgan fingerprint density at radius 2 is 1.14 bits per heavy atom. The zero-order valence-corrected chi connectivity index (χ0v) is 21.6. The molecule has 0 radical (unpaired) electrons. The molecular weight excluding hydrogens is 511 g/mol. The van der Waals surface area contributed by atoms with Gasteiger partial charge in [-0.15, -0.1) is 0 Å². The van der Waals surface area contributed by atoms with Crippen molar-refractivity contribution in [3.05, 3.63) is 57.6 Å². The molecule has 12 heteroatoms. The van der Waals surface area contributed by atoms with Gasteiger partial charge in [-0.2, -0.15) is 0 Å². The predicted molar refractivity (Wildman–Crippen MR) is 145 cm³/mol. The van der Waals surface area contributed by atoms with Crippen LogP contribution in [-0.4, -0.2) is 71.3 Å². The Hall–Kier alpha value is -3.18. The summed E-state index contributed by atoms with van der Waals surface area (Å²) in [7, 11) is 0. The molecule has 0 aliphatic heterocycles. The molecular formula is C24H32Cl2N4O6. The van der Waals surface area contributed by atoms with E-state index in [2.05, 4.69) is 20.6 Å². The number of hydrogen-bond donors (Lipinski definition) is 6. The monoisotopic (exact) mass is 542 g/mol. The number of carboxylic acids is 2. The first-order valence-electron chi connectivity index (χ1n) is 10.8. The summed E-state index contributed by atoms with van der Waals surface area (Å²) >= 11 is 11.6. The molecule has 6 N–H and O–H groups in total. The van der Waals surface area contributed by atoms with Crippen molar-refractivity contribution in [1.82, 2.24) is 0 Å². The van der Waals surface area contributed by atoms with Crippen LogP contribution in [0.2, 0.25) is 10.0 Å². The third kappa shape index (κ3) is 17.3. The molecule has 10 nitrogen and oxygen atoms in total. The van der Waals surface area contributed by atoms with Crippen molar-refractivity contribution in [3.63, 3.8) is 0 Å². The molecule has 2 rings (SSSR count). The highest BCUT2D eigenvalue weighted by molar-refractivity contribution is 6.31. The third-order valence-electron chi connectivity index (χ3n) is 4.01. The summed E-state index contributed by atoms with van der Waals surface area (Å²) < 4.78 is 0. The summed E-state index contributed by atoms with van der Waals surface area (Å²) in [6, 6.07) is 11.2. The average Bonchev–Trinajstić information content (AvgIpc) is 2.81. The summed E-state index contributed by atoms with van der Waals surface area (Å²) in [4.78, 5) is 27.1. The number of aryl methyl sites for hydroxylation is 2. The van der Waals surface area contributed by atoms with E-state index in [0.29, 0.717) is 13.1 Å². The van der Waals surface area contributed by atoms with E-state index in [1.54, 1.807) is 12.7 Å². The van der Waals surface area contributed by atoms with Gasteiger partial charge in [-0.05, 0) is 61.4 Å². The number of nitrogens with zero attached hydrogens (tertiary/aromatic N) is 2. The SMILES string of the molecule is Cc1cc(Cl)ccc1NC=NCCO.Cc1cc(Cl)ccc1NC=NCCO.O=C(O)CCC(=O)O. The van der Waals surface area contributed by atoms with Gasteiger partial charge in [0.2, 0.25) is 0 Å². The number of aliphatic hydroxyl groups excluding tert-OH is 2. The second kappa shape index (κ2) is 20.1.